The van der Waals surface area contributed by atoms with Gasteiger partial charge in [-0.25, -0.2) is 8.78 Å². The molecule has 0 unspecified atom stereocenters. The molecule has 1 aliphatic rings. The molecular weight excluding hydrogens is 388 g/mol. The van der Waals surface area contributed by atoms with E-state index in [1.165, 1.54) is 24.3 Å². The smallest absolute Gasteiger partial charge is 0.144 e. The zero-order chi connectivity index (χ0) is 21.3. The molecule has 1 fully saturated rings. The standard InChI is InChI=1S/C23H23F2N3O2/c24-22-12-20(4-2-18(22)14-26)29-11-1-8-28-9-6-17(7-10-28)16-30-21-5-3-19(15-27)23(25)13-21/h2-5,12-13,17H,1,6-11,16H2. The van der Waals surface area contributed by atoms with Gasteiger partial charge in [0.05, 0.1) is 24.3 Å². The van der Waals surface area contributed by atoms with Crippen LogP contribution >= 0.6 is 0 Å². The molecule has 0 spiro atoms. The average Bonchev–Trinajstić information content (AvgIpc) is 2.76. The van der Waals surface area contributed by atoms with Crippen molar-refractivity contribution in [3.8, 4) is 23.6 Å². The van der Waals surface area contributed by atoms with Gasteiger partial charge in [0.2, 0.25) is 0 Å². The van der Waals surface area contributed by atoms with Gasteiger partial charge in [-0.05, 0) is 62.5 Å². The molecule has 0 bridgehead atoms. The minimum atomic E-state index is -0.567. The van der Waals surface area contributed by atoms with Crippen molar-refractivity contribution in [2.24, 2.45) is 5.92 Å². The Bertz CT molecular complexity index is 944. The van der Waals surface area contributed by atoms with Gasteiger partial charge in [0.15, 0.2) is 0 Å². The third-order valence-corrected chi connectivity index (χ3v) is 5.20. The van der Waals surface area contributed by atoms with Crippen LogP contribution in [0.5, 0.6) is 11.5 Å². The van der Waals surface area contributed by atoms with E-state index in [1.54, 1.807) is 24.3 Å². The Kier molecular flexibility index (Phi) is 7.59. The molecule has 0 amide bonds. The van der Waals surface area contributed by atoms with E-state index in [9.17, 15) is 8.78 Å². The number of piperidine rings is 1. The highest BCUT2D eigenvalue weighted by molar-refractivity contribution is 5.37. The molecule has 3 rings (SSSR count). The van der Waals surface area contributed by atoms with Crippen molar-refractivity contribution in [2.45, 2.75) is 19.3 Å². The third-order valence-electron chi connectivity index (χ3n) is 5.20. The molecule has 2 aromatic carbocycles. The second-order valence-electron chi connectivity index (χ2n) is 7.30. The Labute approximate surface area is 175 Å². The molecule has 0 aliphatic carbocycles. The minimum Gasteiger partial charge on any atom is -0.493 e. The van der Waals surface area contributed by atoms with Gasteiger partial charge < -0.3 is 14.4 Å². The maximum absolute atomic E-state index is 13.6. The van der Waals surface area contributed by atoms with E-state index in [1.807, 2.05) is 0 Å². The first-order valence-corrected chi connectivity index (χ1v) is 9.96. The van der Waals surface area contributed by atoms with Crippen LogP contribution in [0.1, 0.15) is 30.4 Å². The number of hydrogen-bond donors (Lipinski definition) is 0. The lowest BCUT2D eigenvalue weighted by Crippen LogP contribution is -2.36. The molecule has 0 N–H and O–H groups in total. The summed E-state index contributed by atoms with van der Waals surface area (Å²) >= 11 is 0. The van der Waals surface area contributed by atoms with E-state index in [-0.39, 0.29) is 11.1 Å². The molecule has 0 atom stereocenters. The Morgan fingerprint density at radius 3 is 2.00 bits per heavy atom. The number of benzene rings is 2. The summed E-state index contributed by atoms with van der Waals surface area (Å²) < 4.78 is 38.4. The maximum Gasteiger partial charge on any atom is 0.144 e. The average molecular weight is 411 g/mol. The summed E-state index contributed by atoms with van der Waals surface area (Å²) in [7, 11) is 0. The van der Waals surface area contributed by atoms with Crippen molar-refractivity contribution >= 4 is 0 Å². The lowest BCUT2D eigenvalue weighted by molar-refractivity contribution is 0.135. The van der Waals surface area contributed by atoms with Gasteiger partial charge in [-0.1, -0.05) is 0 Å². The first-order chi connectivity index (χ1) is 14.6. The van der Waals surface area contributed by atoms with Gasteiger partial charge in [-0.2, -0.15) is 10.5 Å². The van der Waals surface area contributed by atoms with E-state index in [2.05, 4.69) is 4.90 Å². The maximum atomic E-state index is 13.6. The van der Waals surface area contributed by atoms with Crippen LogP contribution < -0.4 is 9.47 Å². The van der Waals surface area contributed by atoms with Crippen LogP contribution in [-0.2, 0) is 0 Å². The number of nitrogens with zero attached hydrogens (tertiary/aromatic N) is 3. The molecule has 2 aromatic rings. The van der Waals surface area contributed by atoms with Crippen molar-refractivity contribution in [1.29, 1.82) is 10.5 Å². The van der Waals surface area contributed by atoms with Crippen LogP contribution in [0.4, 0.5) is 8.78 Å². The summed E-state index contributed by atoms with van der Waals surface area (Å²) in [5, 5.41) is 17.5. The van der Waals surface area contributed by atoms with Gasteiger partial charge in [0, 0.05) is 18.7 Å². The van der Waals surface area contributed by atoms with Gasteiger partial charge >= 0.3 is 0 Å². The van der Waals surface area contributed by atoms with Crippen LogP contribution in [0, 0.1) is 40.2 Å². The van der Waals surface area contributed by atoms with Crippen LogP contribution in [0.15, 0.2) is 36.4 Å². The lowest BCUT2D eigenvalue weighted by Gasteiger charge is -2.31. The molecule has 156 valence electrons. The number of rotatable bonds is 8. The molecule has 5 nitrogen and oxygen atoms in total. The summed E-state index contributed by atoms with van der Waals surface area (Å²) in [5.41, 5.74) is 0.0301. The second-order valence-corrected chi connectivity index (χ2v) is 7.30. The zero-order valence-electron chi connectivity index (χ0n) is 16.6. The fraction of sp³-hybridized carbons (Fsp3) is 0.391. The lowest BCUT2D eigenvalue weighted by atomic mass is 9.98. The predicted molar refractivity (Wildman–Crippen MR) is 107 cm³/mol. The van der Waals surface area contributed by atoms with Crippen molar-refractivity contribution in [1.82, 2.24) is 4.90 Å². The fourth-order valence-electron chi connectivity index (χ4n) is 3.42. The molecule has 1 saturated heterocycles. The molecule has 1 aliphatic heterocycles. The van der Waals surface area contributed by atoms with E-state index >= 15 is 0 Å². The Balaban J connectivity index is 1.32. The van der Waals surface area contributed by atoms with Crippen LogP contribution in [0.25, 0.3) is 0 Å². The first kappa shape index (κ1) is 21.5. The second kappa shape index (κ2) is 10.6. The summed E-state index contributed by atoms with van der Waals surface area (Å²) in [6.07, 6.45) is 2.83. The molecule has 0 radical (unpaired) electrons. The summed E-state index contributed by atoms with van der Waals surface area (Å²) in [4.78, 5) is 2.36. The molecule has 30 heavy (non-hydrogen) atoms. The van der Waals surface area contributed by atoms with Gasteiger partial charge in [-0.15, -0.1) is 0 Å². The Morgan fingerprint density at radius 1 is 0.900 bits per heavy atom. The van der Waals surface area contributed by atoms with Crippen molar-refractivity contribution in [2.75, 3.05) is 32.8 Å². The van der Waals surface area contributed by atoms with E-state index in [0.29, 0.717) is 30.6 Å². The molecule has 1 heterocycles. The quantitative estimate of drug-likeness (QED) is 0.607. The van der Waals surface area contributed by atoms with Gasteiger partial charge in [0.1, 0.15) is 35.3 Å². The highest BCUT2D eigenvalue weighted by Crippen LogP contribution is 2.21. The summed E-state index contributed by atoms with van der Waals surface area (Å²) in [6, 6.07) is 12.2. The number of nitriles is 2. The van der Waals surface area contributed by atoms with Crippen molar-refractivity contribution in [3.05, 3.63) is 59.2 Å². The van der Waals surface area contributed by atoms with E-state index in [4.69, 9.17) is 20.0 Å². The summed E-state index contributed by atoms with van der Waals surface area (Å²) in [5.74, 6) is 0.170. The van der Waals surface area contributed by atoms with E-state index in [0.717, 1.165) is 38.9 Å². The zero-order valence-corrected chi connectivity index (χ0v) is 16.6. The Hall–Kier alpha value is -3.16. The molecule has 0 aromatic heterocycles. The Morgan fingerprint density at radius 2 is 1.47 bits per heavy atom. The predicted octanol–water partition coefficient (Wildman–Crippen LogP) is 4.27. The molecule has 0 saturated carbocycles. The number of likely N-dealkylation sites (tertiary alicyclic amines) is 1. The number of halogens is 2. The largest absolute Gasteiger partial charge is 0.493 e. The molecular formula is C23H23F2N3O2. The fourth-order valence-corrected chi connectivity index (χ4v) is 3.42. The summed E-state index contributed by atoms with van der Waals surface area (Å²) in [6.45, 7) is 3.83. The first-order valence-electron chi connectivity index (χ1n) is 9.96. The van der Waals surface area contributed by atoms with Gasteiger partial charge in [-0.3, -0.25) is 0 Å². The number of ether oxygens (including phenoxy) is 2. The minimum absolute atomic E-state index is 0.0125. The number of hydrogen-bond acceptors (Lipinski definition) is 5. The van der Waals surface area contributed by atoms with Crippen LogP contribution in [0.2, 0.25) is 0 Å². The van der Waals surface area contributed by atoms with Gasteiger partial charge in [0.25, 0.3) is 0 Å². The third kappa shape index (κ3) is 5.92. The highest BCUT2D eigenvalue weighted by atomic mass is 19.1. The normalized spacial score (nSPS) is 14.7. The van der Waals surface area contributed by atoms with Crippen LogP contribution in [-0.4, -0.2) is 37.7 Å². The highest BCUT2D eigenvalue weighted by Gasteiger charge is 2.19. The van der Waals surface area contributed by atoms with E-state index < -0.39 is 11.6 Å². The van der Waals surface area contributed by atoms with Crippen molar-refractivity contribution in [3.63, 3.8) is 0 Å². The van der Waals surface area contributed by atoms with Crippen molar-refractivity contribution < 1.29 is 18.3 Å². The SMILES string of the molecule is N#Cc1ccc(OCCCN2CCC(COc3ccc(C#N)c(F)c3)CC2)cc1F. The van der Waals surface area contributed by atoms with Crippen LogP contribution in [0.3, 0.4) is 0 Å². The monoisotopic (exact) mass is 411 g/mol. The molecule has 7 heteroatoms. The topological polar surface area (TPSA) is 69.3 Å².